The largest absolute Gasteiger partial charge is 0.378 e. The Balaban J connectivity index is 1.44. The lowest BCUT2D eigenvalue weighted by Gasteiger charge is -2.30. The van der Waals surface area contributed by atoms with E-state index in [-0.39, 0.29) is 11.3 Å². The van der Waals surface area contributed by atoms with Gasteiger partial charge in [0, 0.05) is 35.9 Å². The number of nitro benzene ring substituents is 1. The molecule has 4 aromatic rings. The van der Waals surface area contributed by atoms with Crippen LogP contribution in [0, 0.1) is 17.0 Å². The molecule has 1 aliphatic rings. The van der Waals surface area contributed by atoms with Gasteiger partial charge in [-0.3, -0.25) is 14.9 Å². The van der Waals surface area contributed by atoms with Gasteiger partial charge in [-0.2, -0.15) is 4.80 Å². The first kappa shape index (κ1) is 22.8. The highest BCUT2D eigenvalue weighted by Crippen LogP contribution is 2.28. The average Bonchev–Trinajstić information content (AvgIpc) is 3.29. The van der Waals surface area contributed by atoms with Crippen molar-refractivity contribution in [3.05, 3.63) is 80.9 Å². The third-order valence-corrected chi connectivity index (χ3v) is 6.22. The van der Waals surface area contributed by atoms with Crippen LogP contribution in [-0.2, 0) is 4.74 Å². The molecule has 11 heteroatoms. The molecular weight excluding hydrogens is 472 g/mol. The summed E-state index contributed by atoms with van der Waals surface area (Å²) < 4.78 is 5.39. The SMILES string of the molecule is Cc1ccc(-n2nc3ccc(NC(=O)c4cc([N+](=O)[O-])ccc4N4CCOCC4)cc3n2)cc1Cl. The van der Waals surface area contributed by atoms with Crippen LogP contribution in [0.4, 0.5) is 17.1 Å². The number of nitro groups is 1. The van der Waals surface area contributed by atoms with Crippen LogP contribution in [0.25, 0.3) is 16.7 Å². The number of carbonyl (C=O) groups is 1. The number of morpholine rings is 1. The Hall–Kier alpha value is -4.02. The number of hydrogen-bond acceptors (Lipinski definition) is 7. The maximum absolute atomic E-state index is 13.2. The number of nitrogens with one attached hydrogen (secondary N) is 1. The van der Waals surface area contributed by atoms with Crippen molar-refractivity contribution in [2.75, 3.05) is 36.5 Å². The summed E-state index contributed by atoms with van der Waals surface area (Å²) in [5, 5.41) is 23.8. The number of amides is 1. The van der Waals surface area contributed by atoms with Crippen LogP contribution >= 0.6 is 11.6 Å². The lowest BCUT2D eigenvalue weighted by atomic mass is 10.1. The van der Waals surface area contributed by atoms with Crippen molar-refractivity contribution in [3.8, 4) is 5.69 Å². The predicted octanol–water partition coefficient (Wildman–Crippen LogP) is 4.38. The molecule has 0 saturated carbocycles. The first-order valence-corrected chi connectivity index (χ1v) is 11.3. The molecule has 35 heavy (non-hydrogen) atoms. The summed E-state index contributed by atoms with van der Waals surface area (Å²) in [5.74, 6) is -0.452. The number of benzene rings is 3. The number of non-ortho nitro benzene ring substituents is 1. The minimum absolute atomic E-state index is 0.151. The second-order valence-corrected chi connectivity index (χ2v) is 8.55. The smallest absolute Gasteiger partial charge is 0.270 e. The average molecular weight is 493 g/mol. The number of ether oxygens (including phenoxy) is 1. The van der Waals surface area contributed by atoms with Crippen molar-refractivity contribution in [1.82, 2.24) is 15.0 Å². The highest BCUT2D eigenvalue weighted by Gasteiger charge is 2.22. The third-order valence-electron chi connectivity index (χ3n) is 5.81. The van der Waals surface area contributed by atoms with Crippen molar-refractivity contribution in [2.45, 2.75) is 6.92 Å². The van der Waals surface area contributed by atoms with E-state index in [2.05, 4.69) is 15.5 Å². The molecule has 1 aromatic heterocycles. The molecular formula is C24H21ClN6O4. The Morgan fingerprint density at radius 3 is 2.57 bits per heavy atom. The fourth-order valence-electron chi connectivity index (χ4n) is 3.91. The summed E-state index contributed by atoms with van der Waals surface area (Å²) in [6.07, 6.45) is 0. The topological polar surface area (TPSA) is 115 Å². The van der Waals surface area contributed by atoms with Crippen molar-refractivity contribution >= 4 is 45.6 Å². The molecule has 0 spiro atoms. The Bertz CT molecular complexity index is 1450. The van der Waals surface area contributed by atoms with Gasteiger partial charge in [-0.25, -0.2) is 0 Å². The number of rotatable bonds is 5. The fourth-order valence-corrected chi connectivity index (χ4v) is 4.09. The van der Waals surface area contributed by atoms with E-state index in [1.807, 2.05) is 24.0 Å². The third kappa shape index (κ3) is 4.66. The summed E-state index contributed by atoms with van der Waals surface area (Å²) in [6, 6.07) is 15.0. The van der Waals surface area contributed by atoms with Gasteiger partial charge in [-0.15, -0.1) is 10.2 Å². The molecule has 1 aliphatic heterocycles. The number of carbonyl (C=O) groups excluding carboxylic acids is 1. The highest BCUT2D eigenvalue weighted by molar-refractivity contribution is 6.31. The molecule has 3 aromatic carbocycles. The predicted molar refractivity (Wildman–Crippen MR) is 133 cm³/mol. The minimum Gasteiger partial charge on any atom is -0.378 e. The van der Waals surface area contributed by atoms with E-state index < -0.39 is 10.8 Å². The Morgan fingerprint density at radius 2 is 1.83 bits per heavy atom. The van der Waals surface area contributed by atoms with Gasteiger partial charge in [0.05, 0.1) is 35.1 Å². The molecule has 2 heterocycles. The first-order chi connectivity index (χ1) is 16.9. The summed E-state index contributed by atoms with van der Waals surface area (Å²) in [5.41, 5.74) is 4.08. The summed E-state index contributed by atoms with van der Waals surface area (Å²) >= 11 is 6.23. The van der Waals surface area contributed by atoms with Crippen LogP contribution in [0.2, 0.25) is 5.02 Å². The lowest BCUT2D eigenvalue weighted by Crippen LogP contribution is -2.37. The van der Waals surface area contributed by atoms with E-state index >= 15 is 0 Å². The van der Waals surface area contributed by atoms with Crippen LogP contribution in [0.5, 0.6) is 0 Å². The lowest BCUT2D eigenvalue weighted by molar-refractivity contribution is -0.384. The van der Waals surface area contributed by atoms with E-state index in [9.17, 15) is 14.9 Å². The van der Waals surface area contributed by atoms with Crippen molar-refractivity contribution < 1.29 is 14.5 Å². The molecule has 10 nitrogen and oxygen atoms in total. The number of aromatic nitrogens is 3. The van der Waals surface area contributed by atoms with Gasteiger partial charge in [0.1, 0.15) is 11.0 Å². The van der Waals surface area contributed by atoms with E-state index in [1.165, 1.54) is 16.9 Å². The molecule has 5 rings (SSSR count). The number of nitrogens with zero attached hydrogens (tertiary/aromatic N) is 5. The second-order valence-electron chi connectivity index (χ2n) is 8.14. The van der Waals surface area contributed by atoms with Crippen LogP contribution in [-0.4, -0.2) is 52.1 Å². The van der Waals surface area contributed by atoms with Crippen molar-refractivity contribution in [3.63, 3.8) is 0 Å². The Morgan fingerprint density at radius 1 is 1.06 bits per heavy atom. The van der Waals surface area contributed by atoms with Gasteiger partial charge in [0.15, 0.2) is 0 Å². The molecule has 1 fully saturated rings. The molecule has 1 amide bonds. The van der Waals surface area contributed by atoms with Crippen molar-refractivity contribution in [1.29, 1.82) is 0 Å². The van der Waals surface area contributed by atoms with Crippen LogP contribution < -0.4 is 10.2 Å². The monoisotopic (exact) mass is 492 g/mol. The number of hydrogen-bond donors (Lipinski definition) is 1. The van der Waals surface area contributed by atoms with E-state index in [4.69, 9.17) is 16.3 Å². The minimum atomic E-state index is -0.512. The van der Waals surface area contributed by atoms with E-state index in [1.54, 1.807) is 30.3 Å². The summed E-state index contributed by atoms with van der Waals surface area (Å²) in [6.45, 7) is 4.15. The van der Waals surface area contributed by atoms with Crippen LogP contribution in [0.1, 0.15) is 15.9 Å². The van der Waals surface area contributed by atoms with Gasteiger partial charge in [0.2, 0.25) is 0 Å². The molecule has 178 valence electrons. The first-order valence-electron chi connectivity index (χ1n) is 11.0. The zero-order valence-corrected chi connectivity index (χ0v) is 19.5. The second kappa shape index (κ2) is 9.32. The fraction of sp³-hybridized carbons (Fsp3) is 0.208. The van der Waals surface area contributed by atoms with Crippen molar-refractivity contribution in [2.24, 2.45) is 0 Å². The molecule has 0 aliphatic carbocycles. The Labute approximate surface area is 205 Å². The summed E-state index contributed by atoms with van der Waals surface area (Å²) in [4.78, 5) is 27.5. The van der Waals surface area contributed by atoms with Gasteiger partial charge in [-0.1, -0.05) is 17.7 Å². The zero-order valence-electron chi connectivity index (χ0n) is 18.8. The Kier molecular flexibility index (Phi) is 6.06. The molecule has 1 N–H and O–H groups in total. The quantitative estimate of drug-likeness (QED) is 0.324. The zero-order chi connectivity index (χ0) is 24.5. The van der Waals surface area contributed by atoms with E-state index in [0.717, 1.165) is 5.56 Å². The molecule has 0 atom stereocenters. The number of anilines is 2. The standard InChI is InChI=1S/C24H21ClN6O4/c1-15-2-4-17(14-20(15)25)30-27-21-6-3-16(12-22(21)28-30)26-24(32)19-13-18(31(33)34)5-7-23(19)29-8-10-35-11-9-29/h2-7,12-14H,8-11H2,1H3,(H,26,32). The maximum atomic E-state index is 13.2. The molecule has 0 bridgehead atoms. The molecule has 1 saturated heterocycles. The summed E-state index contributed by atoms with van der Waals surface area (Å²) in [7, 11) is 0. The van der Waals surface area contributed by atoms with Crippen LogP contribution in [0.3, 0.4) is 0 Å². The normalized spacial score (nSPS) is 13.7. The number of halogens is 1. The van der Waals surface area contributed by atoms with Gasteiger partial charge in [-0.05, 0) is 48.9 Å². The van der Waals surface area contributed by atoms with E-state index in [0.29, 0.717) is 59.4 Å². The molecule has 0 unspecified atom stereocenters. The van der Waals surface area contributed by atoms with Gasteiger partial charge in [0.25, 0.3) is 11.6 Å². The van der Waals surface area contributed by atoms with Gasteiger partial charge < -0.3 is 15.0 Å². The maximum Gasteiger partial charge on any atom is 0.270 e. The number of aryl methyl sites for hydroxylation is 1. The highest BCUT2D eigenvalue weighted by atomic mass is 35.5. The van der Waals surface area contributed by atoms with Crippen LogP contribution in [0.15, 0.2) is 54.6 Å². The van der Waals surface area contributed by atoms with Gasteiger partial charge >= 0.3 is 0 Å². The molecule has 0 radical (unpaired) electrons. The number of fused-ring (bicyclic) bond motifs is 1.